The third-order valence-corrected chi connectivity index (χ3v) is 4.64. The van der Waals surface area contributed by atoms with Crippen molar-refractivity contribution in [1.82, 2.24) is 9.38 Å². The summed E-state index contributed by atoms with van der Waals surface area (Å²) in [5, 5.41) is 0.743. The first-order valence-electron chi connectivity index (χ1n) is 8.56. The van der Waals surface area contributed by atoms with Crippen molar-refractivity contribution in [2.24, 2.45) is 0 Å². The Hall–Kier alpha value is -2.58. The van der Waals surface area contributed by atoms with Crippen LogP contribution in [0.1, 0.15) is 17.7 Å². The van der Waals surface area contributed by atoms with Gasteiger partial charge in [0.1, 0.15) is 5.65 Å². The van der Waals surface area contributed by atoms with Crippen LogP contribution in [0.2, 0.25) is 5.02 Å². The highest BCUT2D eigenvalue weighted by atomic mass is 35.5. The van der Waals surface area contributed by atoms with E-state index in [1.54, 1.807) is 0 Å². The van der Waals surface area contributed by atoms with E-state index >= 15 is 0 Å². The largest absolute Gasteiger partial charge is 0.303 e. The van der Waals surface area contributed by atoms with Crippen molar-refractivity contribution in [2.45, 2.75) is 19.3 Å². The first-order valence-corrected chi connectivity index (χ1v) is 8.94. The molecule has 0 bridgehead atoms. The molecule has 0 radical (unpaired) electrons. The van der Waals surface area contributed by atoms with Crippen LogP contribution in [0.3, 0.4) is 0 Å². The van der Waals surface area contributed by atoms with Gasteiger partial charge >= 0.3 is 0 Å². The molecule has 0 N–H and O–H groups in total. The number of fused-ring (bicyclic) bond motifs is 1. The van der Waals surface area contributed by atoms with Gasteiger partial charge in [-0.3, -0.25) is 0 Å². The molecular formula is C22H19ClN2. The van der Waals surface area contributed by atoms with Gasteiger partial charge in [-0.2, -0.15) is 0 Å². The summed E-state index contributed by atoms with van der Waals surface area (Å²) in [5.74, 6) is 0. The van der Waals surface area contributed by atoms with Gasteiger partial charge in [0.2, 0.25) is 0 Å². The SMILES string of the molecule is Clc1cc(CCCc2ccccc2)n2cc(-c3ccccc3)nc2c1. The molecule has 0 atom stereocenters. The molecule has 0 saturated carbocycles. The van der Waals surface area contributed by atoms with Gasteiger partial charge < -0.3 is 4.40 Å². The lowest BCUT2D eigenvalue weighted by molar-refractivity contribution is 0.788. The lowest BCUT2D eigenvalue weighted by Gasteiger charge is -2.06. The Balaban J connectivity index is 1.61. The molecular weight excluding hydrogens is 328 g/mol. The molecule has 0 spiro atoms. The zero-order valence-corrected chi connectivity index (χ0v) is 14.7. The molecule has 4 rings (SSSR count). The molecule has 2 aromatic heterocycles. The number of rotatable bonds is 5. The maximum absolute atomic E-state index is 6.32. The first kappa shape index (κ1) is 15.9. The Kier molecular flexibility index (Phi) is 4.53. The Labute approximate surface area is 152 Å². The van der Waals surface area contributed by atoms with E-state index in [1.807, 2.05) is 24.3 Å². The molecule has 0 aliphatic carbocycles. The second-order valence-electron chi connectivity index (χ2n) is 6.22. The van der Waals surface area contributed by atoms with Crippen molar-refractivity contribution >= 4 is 17.2 Å². The molecule has 2 aromatic carbocycles. The monoisotopic (exact) mass is 346 g/mol. The van der Waals surface area contributed by atoms with Gasteiger partial charge in [-0.05, 0) is 30.9 Å². The fourth-order valence-corrected chi connectivity index (χ4v) is 3.40. The van der Waals surface area contributed by atoms with E-state index in [1.165, 1.54) is 11.3 Å². The third-order valence-electron chi connectivity index (χ3n) is 4.42. The number of imidazole rings is 1. The lowest BCUT2D eigenvalue weighted by Crippen LogP contribution is -1.98. The van der Waals surface area contributed by atoms with Crippen LogP contribution in [0.4, 0.5) is 0 Å². The summed E-state index contributed by atoms with van der Waals surface area (Å²) in [6, 6.07) is 24.8. The van der Waals surface area contributed by atoms with Crippen molar-refractivity contribution in [3.8, 4) is 11.3 Å². The number of halogens is 1. The highest BCUT2D eigenvalue weighted by Crippen LogP contribution is 2.23. The van der Waals surface area contributed by atoms with Crippen LogP contribution in [0.15, 0.2) is 79.0 Å². The van der Waals surface area contributed by atoms with Crippen LogP contribution in [-0.2, 0) is 12.8 Å². The van der Waals surface area contributed by atoms with Gasteiger partial charge in [0.15, 0.2) is 0 Å². The van der Waals surface area contributed by atoms with Crippen LogP contribution in [0.25, 0.3) is 16.9 Å². The normalized spacial score (nSPS) is 11.1. The summed E-state index contributed by atoms with van der Waals surface area (Å²) in [6.45, 7) is 0. The van der Waals surface area contributed by atoms with Gasteiger partial charge in [0.25, 0.3) is 0 Å². The molecule has 2 heterocycles. The minimum Gasteiger partial charge on any atom is -0.303 e. The Morgan fingerprint density at radius 3 is 2.32 bits per heavy atom. The first-order chi connectivity index (χ1) is 12.3. The standard InChI is InChI=1S/C22H19ClN2/c23-19-14-20(13-7-10-17-8-3-1-4-9-17)25-16-21(24-22(25)15-19)18-11-5-2-6-12-18/h1-6,8-9,11-12,14-16H,7,10,13H2. The van der Waals surface area contributed by atoms with Crippen LogP contribution < -0.4 is 0 Å². The topological polar surface area (TPSA) is 17.3 Å². The molecule has 0 unspecified atom stereocenters. The Morgan fingerprint density at radius 2 is 1.56 bits per heavy atom. The molecule has 2 nitrogen and oxygen atoms in total. The number of pyridine rings is 1. The molecule has 3 heteroatoms. The second kappa shape index (κ2) is 7.12. The van der Waals surface area contributed by atoms with Crippen molar-refractivity contribution in [3.05, 3.63) is 95.3 Å². The van der Waals surface area contributed by atoms with E-state index in [9.17, 15) is 0 Å². The molecule has 0 aliphatic heterocycles. The van der Waals surface area contributed by atoms with Gasteiger partial charge in [-0.1, -0.05) is 72.3 Å². The molecule has 0 aliphatic rings. The highest BCUT2D eigenvalue weighted by Gasteiger charge is 2.09. The van der Waals surface area contributed by atoms with E-state index in [4.69, 9.17) is 16.6 Å². The van der Waals surface area contributed by atoms with Crippen molar-refractivity contribution < 1.29 is 0 Å². The molecule has 0 saturated heterocycles. The number of nitrogens with zero attached hydrogens (tertiary/aromatic N) is 2. The summed E-state index contributed by atoms with van der Waals surface area (Å²) >= 11 is 6.32. The third kappa shape index (κ3) is 3.59. The summed E-state index contributed by atoms with van der Waals surface area (Å²) < 4.78 is 2.17. The molecule has 0 amide bonds. The number of aryl methyl sites for hydroxylation is 2. The quantitative estimate of drug-likeness (QED) is 0.444. The fourth-order valence-electron chi connectivity index (χ4n) is 3.18. The van der Waals surface area contributed by atoms with Gasteiger partial charge in [-0.15, -0.1) is 0 Å². The predicted octanol–water partition coefficient (Wildman–Crippen LogP) is 5.83. The maximum atomic E-state index is 6.32. The number of hydrogen-bond donors (Lipinski definition) is 0. The maximum Gasteiger partial charge on any atom is 0.139 e. The minimum absolute atomic E-state index is 0.743. The van der Waals surface area contributed by atoms with Gasteiger partial charge in [0.05, 0.1) is 5.69 Å². The van der Waals surface area contributed by atoms with Crippen molar-refractivity contribution in [3.63, 3.8) is 0 Å². The van der Waals surface area contributed by atoms with Crippen LogP contribution in [-0.4, -0.2) is 9.38 Å². The summed E-state index contributed by atoms with van der Waals surface area (Å²) in [7, 11) is 0. The zero-order chi connectivity index (χ0) is 17.1. The number of benzene rings is 2. The number of aromatic nitrogens is 2. The summed E-state index contributed by atoms with van der Waals surface area (Å²) in [5.41, 5.74) is 5.58. The second-order valence-corrected chi connectivity index (χ2v) is 6.66. The van der Waals surface area contributed by atoms with E-state index in [2.05, 4.69) is 59.1 Å². The average molecular weight is 347 g/mol. The summed E-state index contributed by atoms with van der Waals surface area (Å²) in [4.78, 5) is 4.75. The van der Waals surface area contributed by atoms with E-state index < -0.39 is 0 Å². The van der Waals surface area contributed by atoms with Gasteiger partial charge in [0, 0.05) is 28.5 Å². The van der Waals surface area contributed by atoms with Crippen molar-refractivity contribution in [2.75, 3.05) is 0 Å². The molecule has 4 aromatic rings. The van der Waals surface area contributed by atoms with Crippen LogP contribution in [0.5, 0.6) is 0 Å². The summed E-state index contributed by atoms with van der Waals surface area (Å²) in [6.07, 6.45) is 5.22. The fraction of sp³-hybridized carbons (Fsp3) is 0.136. The molecule has 0 fully saturated rings. The van der Waals surface area contributed by atoms with Crippen LogP contribution >= 0.6 is 11.6 Å². The molecule has 25 heavy (non-hydrogen) atoms. The highest BCUT2D eigenvalue weighted by molar-refractivity contribution is 6.30. The van der Waals surface area contributed by atoms with E-state index in [0.717, 1.165) is 41.2 Å². The average Bonchev–Trinajstić information content (AvgIpc) is 3.07. The van der Waals surface area contributed by atoms with Crippen molar-refractivity contribution in [1.29, 1.82) is 0 Å². The Morgan fingerprint density at radius 1 is 0.840 bits per heavy atom. The lowest BCUT2D eigenvalue weighted by atomic mass is 10.1. The Bertz CT molecular complexity index is 975. The molecule has 124 valence electrons. The number of hydrogen-bond acceptors (Lipinski definition) is 1. The van der Waals surface area contributed by atoms with E-state index in [0.29, 0.717) is 0 Å². The van der Waals surface area contributed by atoms with Gasteiger partial charge in [-0.25, -0.2) is 4.98 Å². The predicted molar refractivity (Wildman–Crippen MR) is 104 cm³/mol. The smallest absolute Gasteiger partial charge is 0.139 e. The van der Waals surface area contributed by atoms with Crippen LogP contribution in [0, 0.1) is 0 Å². The minimum atomic E-state index is 0.743. The zero-order valence-electron chi connectivity index (χ0n) is 13.9. The van der Waals surface area contributed by atoms with E-state index in [-0.39, 0.29) is 0 Å².